The van der Waals surface area contributed by atoms with Crippen molar-refractivity contribution in [1.29, 1.82) is 0 Å². The Balaban J connectivity index is 0.00000312. The van der Waals surface area contributed by atoms with E-state index in [0.29, 0.717) is 38.6 Å². The number of piperidine rings is 1. The Bertz CT molecular complexity index is 659. The molecule has 25 heavy (non-hydrogen) atoms. The molecule has 2 N–H and O–H groups in total. The highest BCUT2D eigenvalue weighted by Crippen LogP contribution is 2.34. The van der Waals surface area contributed by atoms with Crippen LogP contribution in [0.3, 0.4) is 0 Å². The van der Waals surface area contributed by atoms with Crippen LogP contribution >= 0.6 is 12.4 Å². The molecular weight excluding hydrogens is 383 g/mol. The molecule has 6 nitrogen and oxygen atoms in total. The Kier molecular flexibility index (Phi) is 7.63. The highest BCUT2D eigenvalue weighted by molar-refractivity contribution is 7.89. The Morgan fingerprint density at radius 1 is 1.36 bits per heavy atom. The first-order chi connectivity index (χ1) is 11.2. The molecule has 0 radical (unpaired) electrons. The molecule has 1 saturated heterocycles. The van der Waals surface area contributed by atoms with Gasteiger partial charge in [0.15, 0.2) is 0 Å². The van der Waals surface area contributed by atoms with E-state index in [2.05, 4.69) is 15.0 Å². The molecule has 1 aliphatic heterocycles. The summed E-state index contributed by atoms with van der Waals surface area (Å²) in [6, 6.07) is 0.657. The summed E-state index contributed by atoms with van der Waals surface area (Å²) in [7, 11) is -2.82. The van der Waals surface area contributed by atoms with Crippen LogP contribution in [-0.4, -0.2) is 46.8 Å². The van der Waals surface area contributed by atoms with E-state index >= 15 is 0 Å². The van der Waals surface area contributed by atoms with E-state index in [1.807, 2.05) is 0 Å². The predicted molar refractivity (Wildman–Crippen MR) is 88.1 cm³/mol. The van der Waals surface area contributed by atoms with Crippen LogP contribution < -0.4 is 10.0 Å². The van der Waals surface area contributed by atoms with Gasteiger partial charge in [-0.3, -0.25) is 4.98 Å². The molecule has 0 saturated carbocycles. The number of rotatable bonds is 6. The summed E-state index contributed by atoms with van der Waals surface area (Å²) in [5.41, 5.74) is -1.66. The maximum absolute atomic E-state index is 13.0. The van der Waals surface area contributed by atoms with Gasteiger partial charge in [0.25, 0.3) is 0 Å². The number of alkyl halides is 3. The van der Waals surface area contributed by atoms with Crippen molar-refractivity contribution in [3.05, 3.63) is 24.0 Å². The van der Waals surface area contributed by atoms with Crippen LogP contribution in [0.5, 0.6) is 0 Å². The fourth-order valence-corrected chi connectivity index (χ4v) is 4.11. The van der Waals surface area contributed by atoms with Gasteiger partial charge in [-0.2, -0.15) is 13.2 Å². The van der Waals surface area contributed by atoms with E-state index < -0.39 is 32.1 Å². The van der Waals surface area contributed by atoms with Gasteiger partial charge in [-0.1, -0.05) is 0 Å². The number of aromatic nitrogens is 1. The number of ether oxygens (including phenoxy) is 1. The first-order valence-corrected chi connectivity index (χ1v) is 8.89. The lowest BCUT2D eigenvalue weighted by atomic mass is 9.80. The van der Waals surface area contributed by atoms with Gasteiger partial charge in [0.05, 0.1) is 12.2 Å². The molecule has 1 aliphatic rings. The van der Waals surface area contributed by atoms with Gasteiger partial charge in [-0.15, -0.1) is 12.4 Å². The summed E-state index contributed by atoms with van der Waals surface area (Å²) >= 11 is 0. The van der Waals surface area contributed by atoms with Gasteiger partial charge in [-0.05, 0) is 32.0 Å². The molecule has 0 bridgehead atoms. The minimum absolute atomic E-state index is 0. The Hall–Kier alpha value is -0.940. The van der Waals surface area contributed by atoms with Crippen LogP contribution in [0.25, 0.3) is 0 Å². The van der Waals surface area contributed by atoms with Crippen molar-refractivity contribution in [2.75, 3.05) is 33.4 Å². The van der Waals surface area contributed by atoms with E-state index in [1.165, 1.54) is 7.11 Å². The first kappa shape index (κ1) is 22.1. The van der Waals surface area contributed by atoms with Crippen molar-refractivity contribution in [1.82, 2.24) is 15.0 Å². The first-order valence-electron chi connectivity index (χ1n) is 7.41. The molecule has 2 heterocycles. The number of sulfonamides is 1. The largest absolute Gasteiger partial charge is 0.417 e. The summed E-state index contributed by atoms with van der Waals surface area (Å²) in [6.07, 6.45) is -1.80. The zero-order valence-corrected chi connectivity index (χ0v) is 15.2. The van der Waals surface area contributed by atoms with Crippen LogP contribution in [0.4, 0.5) is 13.2 Å². The standard InChI is InChI=1S/C14H20F3N3O3S.ClH/c1-23-10-13(3-6-18-7-4-13)9-20-24(21,22)12-8-19-5-2-11(12)14(15,16)17;/h2,5,8,18,20H,3-4,6-7,9-10H2,1H3;1H. The van der Waals surface area contributed by atoms with Crippen molar-refractivity contribution >= 4 is 22.4 Å². The minimum atomic E-state index is -4.77. The Morgan fingerprint density at radius 2 is 2.00 bits per heavy atom. The lowest BCUT2D eigenvalue weighted by Gasteiger charge is -2.37. The van der Waals surface area contributed by atoms with Crippen molar-refractivity contribution in [3.8, 4) is 0 Å². The van der Waals surface area contributed by atoms with Gasteiger partial charge < -0.3 is 10.1 Å². The third-order valence-corrected chi connectivity index (χ3v) is 5.56. The fourth-order valence-electron chi connectivity index (χ4n) is 2.79. The minimum Gasteiger partial charge on any atom is -0.384 e. The summed E-state index contributed by atoms with van der Waals surface area (Å²) in [5, 5.41) is 3.16. The molecule has 1 aromatic rings. The number of pyridine rings is 1. The third kappa shape index (κ3) is 5.52. The van der Waals surface area contributed by atoms with Gasteiger partial charge in [-0.25, -0.2) is 13.1 Å². The second-order valence-corrected chi connectivity index (χ2v) is 7.61. The summed E-state index contributed by atoms with van der Waals surface area (Å²) in [6.45, 7) is 1.74. The van der Waals surface area contributed by atoms with Crippen molar-refractivity contribution in [3.63, 3.8) is 0 Å². The van der Waals surface area contributed by atoms with E-state index in [0.717, 1.165) is 12.4 Å². The highest BCUT2D eigenvalue weighted by atomic mass is 35.5. The average molecular weight is 404 g/mol. The van der Waals surface area contributed by atoms with Gasteiger partial charge in [0, 0.05) is 31.5 Å². The zero-order chi connectivity index (χ0) is 17.8. The number of hydrogen-bond acceptors (Lipinski definition) is 5. The number of halogens is 4. The molecule has 0 aliphatic carbocycles. The molecule has 1 aromatic heterocycles. The molecule has 0 aromatic carbocycles. The maximum Gasteiger partial charge on any atom is 0.417 e. The summed E-state index contributed by atoms with van der Waals surface area (Å²) < 4.78 is 71.3. The number of methoxy groups -OCH3 is 1. The van der Waals surface area contributed by atoms with Crippen LogP contribution in [0, 0.1) is 5.41 Å². The quantitative estimate of drug-likeness (QED) is 0.757. The van der Waals surface area contributed by atoms with E-state index in [4.69, 9.17) is 4.74 Å². The molecular formula is C14H21ClF3N3O3S. The van der Waals surface area contributed by atoms with Gasteiger partial charge in [0.2, 0.25) is 10.0 Å². The highest BCUT2D eigenvalue weighted by Gasteiger charge is 2.39. The number of nitrogens with zero attached hydrogens (tertiary/aromatic N) is 1. The van der Waals surface area contributed by atoms with Crippen molar-refractivity contribution < 1.29 is 26.3 Å². The molecule has 0 amide bonds. The molecule has 0 spiro atoms. The molecule has 144 valence electrons. The second kappa shape index (κ2) is 8.63. The fraction of sp³-hybridized carbons (Fsp3) is 0.643. The SMILES string of the molecule is COCC1(CNS(=O)(=O)c2cnccc2C(F)(F)F)CCNCC1.Cl. The number of hydrogen-bond donors (Lipinski definition) is 2. The molecule has 1 fully saturated rings. The normalized spacial score (nSPS) is 17.8. The smallest absolute Gasteiger partial charge is 0.384 e. The lowest BCUT2D eigenvalue weighted by molar-refractivity contribution is -0.140. The van der Waals surface area contributed by atoms with Crippen molar-refractivity contribution in [2.45, 2.75) is 23.9 Å². The van der Waals surface area contributed by atoms with E-state index in [9.17, 15) is 21.6 Å². The van der Waals surface area contributed by atoms with Crippen molar-refractivity contribution in [2.24, 2.45) is 5.41 Å². The van der Waals surface area contributed by atoms with Crippen LogP contribution in [0.1, 0.15) is 18.4 Å². The van der Waals surface area contributed by atoms with Crippen LogP contribution in [0.15, 0.2) is 23.4 Å². The monoisotopic (exact) mass is 403 g/mol. The predicted octanol–water partition coefficient (Wildman–Crippen LogP) is 1.82. The van der Waals surface area contributed by atoms with Crippen LogP contribution in [-0.2, 0) is 20.9 Å². The average Bonchev–Trinajstić information content (AvgIpc) is 2.54. The molecule has 0 unspecified atom stereocenters. The van der Waals surface area contributed by atoms with Crippen LogP contribution in [0.2, 0.25) is 0 Å². The van der Waals surface area contributed by atoms with Gasteiger partial charge in [0.1, 0.15) is 4.90 Å². The third-order valence-electron chi connectivity index (χ3n) is 4.13. The second-order valence-electron chi connectivity index (χ2n) is 5.88. The molecule has 0 atom stereocenters. The topological polar surface area (TPSA) is 80.3 Å². The number of nitrogens with one attached hydrogen (secondary N) is 2. The maximum atomic E-state index is 13.0. The lowest BCUT2D eigenvalue weighted by Crippen LogP contribution is -2.47. The van der Waals surface area contributed by atoms with E-state index in [-0.39, 0.29) is 19.0 Å². The van der Waals surface area contributed by atoms with E-state index in [1.54, 1.807) is 0 Å². The summed E-state index contributed by atoms with van der Waals surface area (Å²) in [4.78, 5) is 2.66. The zero-order valence-electron chi connectivity index (χ0n) is 13.6. The molecule has 11 heteroatoms. The van der Waals surface area contributed by atoms with Gasteiger partial charge >= 0.3 is 6.18 Å². The molecule has 2 rings (SSSR count). The Labute approximate surface area is 151 Å². The summed E-state index contributed by atoms with van der Waals surface area (Å²) in [5.74, 6) is 0. The Morgan fingerprint density at radius 3 is 2.56 bits per heavy atom.